The number of benzene rings is 1. The minimum Gasteiger partial charge on any atom is -0.307 e. The summed E-state index contributed by atoms with van der Waals surface area (Å²) in [6.07, 6.45) is 3.94. The maximum absolute atomic E-state index is 13.3. The molecular weight excluding hydrogens is 345 g/mol. The Balaban J connectivity index is 0.00000225. The summed E-state index contributed by atoms with van der Waals surface area (Å²) < 4.78 is 15.0. The maximum atomic E-state index is 13.3. The first-order valence-corrected chi connectivity index (χ1v) is 8.40. The van der Waals surface area contributed by atoms with E-state index in [1.807, 2.05) is 19.1 Å². The number of nitrogens with one attached hydrogen (secondary N) is 1. The molecule has 6 nitrogen and oxygen atoms in total. The number of pyridine rings is 2. The van der Waals surface area contributed by atoms with Crippen molar-refractivity contribution in [3.8, 4) is 0 Å². The fourth-order valence-electron chi connectivity index (χ4n) is 2.81. The van der Waals surface area contributed by atoms with Crippen LogP contribution in [0.15, 0.2) is 60.9 Å². The van der Waals surface area contributed by atoms with Gasteiger partial charge in [-0.05, 0) is 54.8 Å². The quantitative estimate of drug-likeness (QED) is 0.601. The average Bonchev–Trinajstić information content (AvgIpc) is 3.04. The molecule has 0 bridgehead atoms. The van der Waals surface area contributed by atoms with Crippen LogP contribution in [0.25, 0.3) is 5.65 Å². The van der Waals surface area contributed by atoms with Gasteiger partial charge in [-0.25, -0.2) is 9.37 Å². The first-order valence-electron chi connectivity index (χ1n) is 8.40. The van der Waals surface area contributed by atoms with Crippen molar-refractivity contribution in [1.82, 2.24) is 19.6 Å². The molecule has 1 aromatic carbocycles. The second kappa shape index (κ2) is 6.95. The molecule has 3 aromatic heterocycles. The second-order valence-electron chi connectivity index (χ2n) is 6.21. The van der Waals surface area contributed by atoms with E-state index in [1.54, 1.807) is 41.1 Å². The molecule has 0 aliphatic heterocycles. The summed E-state index contributed by atoms with van der Waals surface area (Å²) in [5, 5.41) is 10.7. The Bertz CT molecular complexity index is 1130. The zero-order chi connectivity index (χ0) is 18.8. The smallest absolute Gasteiger partial charge is 0.258 e. The molecular formula is C20H18FN5O. The lowest BCUT2D eigenvalue weighted by molar-refractivity contribution is 0.102. The number of amides is 1. The van der Waals surface area contributed by atoms with Gasteiger partial charge >= 0.3 is 0 Å². The zero-order valence-electron chi connectivity index (χ0n) is 14.6. The maximum Gasteiger partial charge on any atom is 0.258 e. The van der Waals surface area contributed by atoms with Crippen molar-refractivity contribution < 1.29 is 10.6 Å². The van der Waals surface area contributed by atoms with Gasteiger partial charge in [0.2, 0.25) is 0 Å². The van der Waals surface area contributed by atoms with Crippen molar-refractivity contribution in [2.75, 3.05) is 5.32 Å². The number of carbonyl (C=O) groups excluding carboxylic acids is 1. The van der Waals surface area contributed by atoms with Crippen LogP contribution in [0.2, 0.25) is 0 Å². The number of fused-ring (bicyclic) bond motifs is 1. The number of aromatic nitrogens is 4. The van der Waals surface area contributed by atoms with Gasteiger partial charge in [-0.1, -0.05) is 18.2 Å². The van der Waals surface area contributed by atoms with Crippen molar-refractivity contribution in [3.63, 3.8) is 0 Å². The van der Waals surface area contributed by atoms with E-state index in [-0.39, 0.29) is 13.2 Å². The Kier molecular flexibility index (Phi) is 4.33. The molecule has 0 spiro atoms. The van der Waals surface area contributed by atoms with E-state index >= 15 is 0 Å². The highest BCUT2D eigenvalue weighted by Crippen LogP contribution is 2.13. The lowest BCUT2D eigenvalue weighted by Gasteiger charge is -2.07. The molecule has 4 aromatic rings. The van der Waals surface area contributed by atoms with E-state index in [1.165, 1.54) is 12.1 Å². The summed E-state index contributed by atoms with van der Waals surface area (Å²) in [4.78, 5) is 16.7. The van der Waals surface area contributed by atoms with Gasteiger partial charge in [-0.15, -0.1) is 10.2 Å². The average molecular weight is 363 g/mol. The van der Waals surface area contributed by atoms with E-state index < -0.39 is 0 Å². The van der Waals surface area contributed by atoms with Crippen molar-refractivity contribution in [2.24, 2.45) is 0 Å². The van der Waals surface area contributed by atoms with Crippen LogP contribution < -0.4 is 5.32 Å². The monoisotopic (exact) mass is 363 g/mol. The lowest BCUT2D eigenvalue weighted by Crippen LogP contribution is -2.13. The molecule has 0 saturated heterocycles. The number of anilines is 1. The van der Waals surface area contributed by atoms with Gasteiger partial charge in [0.25, 0.3) is 5.91 Å². The molecule has 0 fully saturated rings. The summed E-state index contributed by atoms with van der Waals surface area (Å²) in [5.74, 6) is 0.628. The van der Waals surface area contributed by atoms with E-state index in [0.717, 1.165) is 11.1 Å². The Labute approximate surface area is 156 Å². The molecule has 0 aliphatic carbocycles. The van der Waals surface area contributed by atoms with Crippen LogP contribution in [0.4, 0.5) is 10.2 Å². The molecule has 1 N–H and O–H groups in total. The van der Waals surface area contributed by atoms with E-state index in [9.17, 15) is 9.18 Å². The standard InChI is InChI=1S/C20H16FN5O.H2/c1-13-24-25-19-8-6-16(12-26(13)19)20(27)23-18-7-5-15(11-22-18)9-14-3-2-4-17(21)10-14;/h2-8,10-12H,9H2,1H3,(H,22,23,27);1H. The molecule has 0 radical (unpaired) electrons. The summed E-state index contributed by atoms with van der Waals surface area (Å²) in [5.41, 5.74) is 2.96. The fourth-order valence-corrected chi connectivity index (χ4v) is 2.81. The molecule has 4 rings (SSSR count). The number of nitrogens with zero attached hydrogens (tertiary/aromatic N) is 4. The Morgan fingerprint density at radius 1 is 1.15 bits per heavy atom. The molecule has 7 heteroatoms. The zero-order valence-corrected chi connectivity index (χ0v) is 14.6. The SMILES string of the molecule is Cc1nnc2ccc(C(=O)Nc3ccc(Cc4cccc(F)c4)cn3)cn12.[HH]. The minimum atomic E-state index is -0.268. The highest BCUT2D eigenvalue weighted by atomic mass is 19.1. The van der Waals surface area contributed by atoms with Crippen LogP contribution in [-0.4, -0.2) is 25.5 Å². The Hall–Kier alpha value is -3.61. The van der Waals surface area contributed by atoms with Crippen molar-refractivity contribution in [2.45, 2.75) is 13.3 Å². The fraction of sp³-hybridized carbons (Fsp3) is 0.100. The first-order chi connectivity index (χ1) is 13.1. The second-order valence-corrected chi connectivity index (χ2v) is 6.21. The van der Waals surface area contributed by atoms with Crippen LogP contribution in [0, 0.1) is 12.7 Å². The molecule has 3 heterocycles. The lowest BCUT2D eigenvalue weighted by atomic mass is 10.1. The van der Waals surface area contributed by atoms with Crippen LogP contribution >= 0.6 is 0 Å². The molecule has 136 valence electrons. The molecule has 27 heavy (non-hydrogen) atoms. The predicted molar refractivity (Wildman–Crippen MR) is 101 cm³/mol. The van der Waals surface area contributed by atoms with Gasteiger partial charge in [0.05, 0.1) is 5.56 Å². The summed E-state index contributed by atoms with van der Waals surface area (Å²) in [7, 11) is 0. The highest BCUT2D eigenvalue weighted by Gasteiger charge is 2.10. The Morgan fingerprint density at radius 3 is 2.81 bits per heavy atom. The van der Waals surface area contributed by atoms with Gasteiger partial charge in [0.1, 0.15) is 17.5 Å². The van der Waals surface area contributed by atoms with Gasteiger partial charge in [0.15, 0.2) is 5.65 Å². The third-order valence-corrected chi connectivity index (χ3v) is 4.20. The van der Waals surface area contributed by atoms with Gasteiger partial charge in [-0.2, -0.15) is 0 Å². The van der Waals surface area contributed by atoms with Gasteiger partial charge in [0, 0.05) is 13.8 Å². The van der Waals surface area contributed by atoms with Gasteiger partial charge in [-0.3, -0.25) is 9.20 Å². The van der Waals surface area contributed by atoms with Crippen LogP contribution in [0.1, 0.15) is 28.7 Å². The topological polar surface area (TPSA) is 72.2 Å². The molecule has 0 atom stereocenters. The molecule has 0 saturated carbocycles. The third-order valence-electron chi connectivity index (χ3n) is 4.20. The molecule has 1 amide bonds. The first kappa shape index (κ1) is 16.8. The number of hydrogen-bond donors (Lipinski definition) is 1. The van der Waals surface area contributed by atoms with E-state index in [2.05, 4.69) is 20.5 Å². The van der Waals surface area contributed by atoms with Crippen LogP contribution in [0.5, 0.6) is 0 Å². The van der Waals surface area contributed by atoms with Crippen molar-refractivity contribution >= 4 is 17.4 Å². The number of carbonyl (C=O) groups is 1. The number of rotatable bonds is 4. The van der Waals surface area contributed by atoms with Crippen LogP contribution in [-0.2, 0) is 6.42 Å². The third kappa shape index (κ3) is 3.67. The van der Waals surface area contributed by atoms with Crippen molar-refractivity contribution in [1.29, 1.82) is 0 Å². The number of aryl methyl sites for hydroxylation is 1. The summed E-state index contributed by atoms with van der Waals surface area (Å²) in [6.45, 7) is 1.82. The van der Waals surface area contributed by atoms with E-state index in [4.69, 9.17) is 0 Å². The van der Waals surface area contributed by atoms with Crippen LogP contribution in [0.3, 0.4) is 0 Å². The molecule has 0 aliphatic rings. The summed E-state index contributed by atoms with van der Waals surface area (Å²) >= 11 is 0. The normalized spacial score (nSPS) is 10.9. The van der Waals surface area contributed by atoms with Crippen molar-refractivity contribution in [3.05, 3.63) is 89.3 Å². The highest BCUT2D eigenvalue weighted by molar-refractivity contribution is 6.03. The van der Waals surface area contributed by atoms with Gasteiger partial charge < -0.3 is 5.32 Å². The van der Waals surface area contributed by atoms with E-state index in [0.29, 0.717) is 29.3 Å². The number of hydrogen-bond acceptors (Lipinski definition) is 4. The number of halogens is 1. The molecule has 0 unspecified atom stereocenters. The largest absolute Gasteiger partial charge is 0.307 e. The summed E-state index contributed by atoms with van der Waals surface area (Å²) in [6, 6.07) is 13.5. The predicted octanol–water partition coefficient (Wildman–Crippen LogP) is 3.66. The Morgan fingerprint density at radius 2 is 2.04 bits per heavy atom. The minimum absolute atomic E-state index is 0.